The predicted octanol–water partition coefficient (Wildman–Crippen LogP) is 3.48. The minimum Gasteiger partial charge on any atom is -0.207 e. The fourth-order valence-corrected chi connectivity index (χ4v) is 1.87. The third kappa shape index (κ3) is 2.35. The van der Waals surface area contributed by atoms with Crippen LogP contribution in [0.5, 0.6) is 0 Å². The molecule has 5 heteroatoms. The van der Waals surface area contributed by atoms with Crippen LogP contribution in [-0.4, -0.2) is 17.6 Å². The Morgan fingerprint density at radius 3 is 2.44 bits per heavy atom. The number of hydrogen-bond acceptors (Lipinski definition) is 1. The van der Waals surface area contributed by atoms with Gasteiger partial charge in [0, 0.05) is 19.4 Å². The lowest BCUT2D eigenvalue weighted by Crippen LogP contribution is -2.37. The molecule has 0 amide bonds. The van der Waals surface area contributed by atoms with Crippen LogP contribution in [0.15, 0.2) is 24.3 Å². The molecule has 16 heavy (non-hydrogen) atoms. The first-order chi connectivity index (χ1) is 7.48. The Balaban J connectivity index is 2.21. The topological polar surface area (TPSA) is 3.24 Å². The van der Waals surface area contributed by atoms with Crippen molar-refractivity contribution < 1.29 is 17.7 Å². The molecule has 1 aromatic rings. The number of rotatable bonds is 1. The summed E-state index contributed by atoms with van der Waals surface area (Å²) in [6, 6.07) is 4.00. The molecule has 1 aliphatic heterocycles. The van der Waals surface area contributed by atoms with E-state index in [1.165, 1.54) is 12.1 Å². The lowest BCUT2D eigenvalue weighted by Gasteiger charge is -2.33. The molecule has 1 atom stereocenters. The normalized spacial score (nSPS) is 25.6. The van der Waals surface area contributed by atoms with E-state index in [1.54, 1.807) is 0 Å². The Hall–Kier alpha value is -1.10. The second kappa shape index (κ2) is 4.05. The van der Waals surface area contributed by atoms with Gasteiger partial charge in [0.15, 0.2) is 0 Å². The molecule has 0 aliphatic carbocycles. The Morgan fingerprint density at radius 2 is 1.81 bits per heavy atom. The van der Waals surface area contributed by atoms with Crippen molar-refractivity contribution in [3.63, 3.8) is 0 Å². The largest absolute Gasteiger partial charge is 0.251 e. The van der Waals surface area contributed by atoms with Gasteiger partial charge < -0.3 is 0 Å². The van der Waals surface area contributed by atoms with Gasteiger partial charge in [0.05, 0.1) is 6.04 Å². The summed E-state index contributed by atoms with van der Waals surface area (Å²) in [5.74, 6) is -3.31. The summed E-state index contributed by atoms with van der Waals surface area (Å²) in [5, 5.41) is 0.394. The van der Waals surface area contributed by atoms with Crippen molar-refractivity contribution in [3.05, 3.63) is 35.6 Å². The third-order valence-electron chi connectivity index (χ3n) is 2.78. The molecule has 88 valence electrons. The number of benzene rings is 1. The van der Waals surface area contributed by atoms with Crippen LogP contribution in [0.4, 0.5) is 17.7 Å². The van der Waals surface area contributed by atoms with E-state index in [0.29, 0.717) is 10.7 Å². The second-order valence-electron chi connectivity index (χ2n) is 4.00. The summed E-state index contributed by atoms with van der Waals surface area (Å²) in [5.41, 5.74) is 0.378. The van der Waals surface area contributed by atoms with Crippen LogP contribution in [-0.2, 0) is 0 Å². The van der Waals surface area contributed by atoms with Gasteiger partial charge in [0.2, 0.25) is 0 Å². The van der Waals surface area contributed by atoms with Gasteiger partial charge in [0.25, 0.3) is 5.92 Å². The maximum Gasteiger partial charge on any atom is 0.251 e. The van der Waals surface area contributed by atoms with Crippen molar-refractivity contribution in [2.75, 3.05) is 6.54 Å². The number of alkyl halides is 2. The molecule has 1 heterocycles. The highest BCUT2D eigenvalue weighted by atomic mass is 19.3. The van der Waals surface area contributed by atoms with E-state index < -0.39 is 30.6 Å². The first-order valence-electron chi connectivity index (χ1n) is 5.04. The molecule has 0 spiro atoms. The number of hydrogen-bond donors (Lipinski definition) is 0. The average molecular weight is 233 g/mol. The van der Waals surface area contributed by atoms with Crippen molar-refractivity contribution in [3.8, 4) is 0 Å². The van der Waals surface area contributed by atoms with E-state index in [4.69, 9.17) is 0 Å². The van der Waals surface area contributed by atoms with E-state index >= 15 is 0 Å². The van der Waals surface area contributed by atoms with Crippen LogP contribution >= 0.6 is 0 Å². The molecule has 1 aromatic carbocycles. The van der Waals surface area contributed by atoms with Crippen LogP contribution < -0.4 is 0 Å². The molecule has 0 aromatic heterocycles. The number of nitrogens with zero attached hydrogens (tertiary/aromatic N) is 1. The summed E-state index contributed by atoms with van der Waals surface area (Å²) >= 11 is 0. The summed E-state index contributed by atoms with van der Waals surface area (Å²) in [4.78, 5) is 0. The molecule has 0 N–H and O–H groups in total. The maximum absolute atomic E-state index is 13.4. The van der Waals surface area contributed by atoms with E-state index in [-0.39, 0.29) is 6.54 Å². The lowest BCUT2D eigenvalue weighted by molar-refractivity contribution is -0.140. The van der Waals surface area contributed by atoms with E-state index in [2.05, 4.69) is 0 Å². The Kier molecular flexibility index (Phi) is 2.88. The van der Waals surface area contributed by atoms with Crippen LogP contribution in [0.1, 0.15) is 24.4 Å². The van der Waals surface area contributed by atoms with Gasteiger partial charge in [-0.1, -0.05) is 12.1 Å². The van der Waals surface area contributed by atoms with Crippen molar-refractivity contribution in [1.29, 1.82) is 0 Å². The SMILES string of the molecule is Fc1ccc(C2CC(F)(F)CCN2F)cc1. The van der Waals surface area contributed by atoms with Gasteiger partial charge in [0.1, 0.15) is 5.82 Å². The number of halogens is 4. The molecule has 1 aliphatic rings. The Bertz CT molecular complexity index is 363. The van der Waals surface area contributed by atoms with Gasteiger partial charge in [-0.05, 0) is 17.7 Å². The monoisotopic (exact) mass is 233 g/mol. The summed E-state index contributed by atoms with van der Waals surface area (Å²) in [7, 11) is 0. The van der Waals surface area contributed by atoms with Crippen molar-refractivity contribution >= 4 is 0 Å². The van der Waals surface area contributed by atoms with Crippen LogP contribution in [0, 0.1) is 5.82 Å². The van der Waals surface area contributed by atoms with Gasteiger partial charge in [-0.25, -0.2) is 13.2 Å². The Morgan fingerprint density at radius 1 is 1.19 bits per heavy atom. The molecule has 0 saturated carbocycles. The minimum atomic E-state index is -2.85. The van der Waals surface area contributed by atoms with E-state index in [1.807, 2.05) is 0 Å². The first kappa shape index (κ1) is 11.4. The predicted molar refractivity (Wildman–Crippen MR) is 51.1 cm³/mol. The second-order valence-corrected chi connectivity index (χ2v) is 4.00. The van der Waals surface area contributed by atoms with Crippen molar-refractivity contribution in [1.82, 2.24) is 5.12 Å². The number of piperidine rings is 1. The standard InChI is InChI=1S/C11H11F4N/c12-9-3-1-8(2-4-9)10-7-11(13,14)5-6-16(10)15/h1-4,10H,5-7H2. The van der Waals surface area contributed by atoms with Gasteiger partial charge in [-0.15, -0.1) is 9.60 Å². The van der Waals surface area contributed by atoms with Gasteiger partial charge in [-0.3, -0.25) is 0 Å². The summed E-state index contributed by atoms with van der Waals surface area (Å²) < 4.78 is 52.3. The summed E-state index contributed by atoms with van der Waals surface area (Å²) in [6.45, 7) is -0.297. The fourth-order valence-electron chi connectivity index (χ4n) is 1.87. The molecular formula is C11H11F4N. The minimum absolute atomic E-state index is 0.297. The zero-order valence-electron chi connectivity index (χ0n) is 8.47. The van der Waals surface area contributed by atoms with Gasteiger partial charge in [-0.2, -0.15) is 0 Å². The molecule has 1 nitrogen and oxygen atoms in total. The zero-order valence-corrected chi connectivity index (χ0v) is 8.47. The Labute approximate surface area is 90.6 Å². The molecule has 0 bridgehead atoms. The fraction of sp³-hybridized carbons (Fsp3) is 0.455. The highest BCUT2D eigenvalue weighted by molar-refractivity contribution is 5.20. The molecule has 2 rings (SSSR count). The van der Waals surface area contributed by atoms with Crippen LogP contribution in [0.25, 0.3) is 0 Å². The highest BCUT2D eigenvalue weighted by Gasteiger charge is 2.41. The molecule has 1 fully saturated rings. The molecule has 1 unspecified atom stereocenters. The molecule has 1 saturated heterocycles. The highest BCUT2D eigenvalue weighted by Crippen LogP contribution is 2.39. The molecule has 0 radical (unpaired) electrons. The van der Waals surface area contributed by atoms with Crippen molar-refractivity contribution in [2.45, 2.75) is 24.8 Å². The quantitative estimate of drug-likeness (QED) is 0.530. The van der Waals surface area contributed by atoms with Crippen molar-refractivity contribution in [2.24, 2.45) is 0 Å². The lowest BCUT2D eigenvalue weighted by atomic mass is 9.94. The zero-order chi connectivity index (χ0) is 11.8. The smallest absolute Gasteiger partial charge is 0.207 e. The van der Waals surface area contributed by atoms with Crippen LogP contribution in [0.3, 0.4) is 0 Å². The van der Waals surface area contributed by atoms with E-state index in [9.17, 15) is 17.7 Å². The van der Waals surface area contributed by atoms with Crippen LogP contribution in [0.2, 0.25) is 0 Å². The molecular weight excluding hydrogens is 222 g/mol. The van der Waals surface area contributed by atoms with Gasteiger partial charge >= 0.3 is 0 Å². The van der Waals surface area contributed by atoms with E-state index in [0.717, 1.165) is 12.1 Å². The first-order valence-corrected chi connectivity index (χ1v) is 5.04. The third-order valence-corrected chi connectivity index (χ3v) is 2.78. The summed E-state index contributed by atoms with van der Waals surface area (Å²) in [6.07, 6.45) is -1.03. The average Bonchev–Trinajstić information content (AvgIpc) is 2.23. The maximum atomic E-state index is 13.4.